The molecule has 0 aliphatic carbocycles. The van der Waals surface area contributed by atoms with Crippen LogP contribution in [0.2, 0.25) is 5.02 Å². The zero-order chi connectivity index (χ0) is 10.6. The van der Waals surface area contributed by atoms with E-state index in [-0.39, 0.29) is 0 Å². The second-order valence-corrected chi connectivity index (χ2v) is 3.64. The normalized spacial score (nSPS) is 12.6. The highest BCUT2D eigenvalue weighted by Gasteiger charge is 2.06. The Bertz CT molecular complexity index is 296. The van der Waals surface area contributed by atoms with E-state index in [1.807, 2.05) is 25.1 Å². The summed E-state index contributed by atoms with van der Waals surface area (Å²) in [6.45, 7) is 8.74. The molecular formula is C12H16ClO. The Hall–Kier alpha value is -0.690. The topological polar surface area (TPSA) is 9.23 Å². The van der Waals surface area contributed by atoms with E-state index in [2.05, 4.69) is 13.8 Å². The predicted molar refractivity (Wildman–Crippen MR) is 61.0 cm³/mol. The molecule has 0 aliphatic heterocycles. The fraction of sp³-hybridized carbons (Fsp3) is 0.417. The molecule has 0 N–H and O–H groups in total. The van der Waals surface area contributed by atoms with Crippen molar-refractivity contribution in [1.82, 2.24) is 0 Å². The SMILES string of the molecule is [CH2]C(CC)c1ccc(OCC)c(Cl)c1. The highest BCUT2D eigenvalue weighted by atomic mass is 35.5. The van der Waals surface area contributed by atoms with Gasteiger partial charge in [0.25, 0.3) is 0 Å². The summed E-state index contributed by atoms with van der Waals surface area (Å²) < 4.78 is 5.35. The van der Waals surface area contributed by atoms with Crippen LogP contribution in [0.15, 0.2) is 18.2 Å². The molecule has 0 saturated carbocycles. The molecule has 2 heteroatoms. The van der Waals surface area contributed by atoms with Crippen LogP contribution in [0.25, 0.3) is 0 Å². The van der Waals surface area contributed by atoms with Gasteiger partial charge in [0.15, 0.2) is 0 Å². The van der Waals surface area contributed by atoms with Crippen LogP contribution in [0.3, 0.4) is 0 Å². The van der Waals surface area contributed by atoms with Gasteiger partial charge in [-0.2, -0.15) is 0 Å². The van der Waals surface area contributed by atoms with Gasteiger partial charge < -0.3 is 4.74 Å². The summed E-state index contributed by atoms with van der Waals surface area (Å²) >= 11 is 6.06. The second-order valence-electron chi connectivity index (χ2n) is 3.23. The zero-order valence-electron chi connectivity index (χ0n) is 8.72. The average molecular weight is 212 g/mol. The first-order valence-electron chi connectivity index (χ1n) is 4.94. The van der Waals surface area contributed by atoms with Crippen LogP contribution in [0.4, 0.5) is 0 Å². The van der Waals surface area contributed by atoms with Crippen molar-refractivity contribution in [3.63, 3.8) is 0 Å². The van der Waals surface area contributed by atoms with Crippen LogP contribution in [0.5, 0.6) is 5.75 Å². The number of hydrogen-bond acceptors (Lipinski definition) is 1. The smallest absolute Gasteiger partial charge is 0.137 e. The van der Waals surface area contributed by atoms with Gasteiger partial charge in [0.1, 0.15) is 5.75 Å². The van der Waals surface area contributed by atoms with Crippen molar-refractivity contribution >= 4 is 11.6 Å². The molecule has 1 radical (unpaired) electrons. The number of halogens is 1. The zero-order valence-corrected chi connectivity index (χ0v) is 9.47. The molecule has 77 valence electrons. The van der Waals surface area contributed by atoms with Crippen molar-refractivity contribution in [3.8, 4) is 5.75 Å². The minimum atomic E-state index is 0.308. The van der Waals surface area contributed by atoms with Gasteiger partial charge in [-0.15, -0.1) is 0 Å². The van der Waals surface area contributed by atoms with Gasteiger partial charge in [-0.05, 0) is 43.9 Å². The van der Waals surface area contributed by atoms with Crippen LogP contribution >= 0.6 is 11.6 Å². The molecule has 0 fully saturated rings. The third kappa shape index (κ3) is 2.65. The summed E-state index contributed by atoms with van der Waals surface area (Å²) in [5, 5.41) is 0.673. The number of benzene rings is 1. The third-order valence-corrected chi connectivity index (χ3v) is 2.52. The molecule has 1 nitrogen and oxygen atoms in total. The van der Waals surface area contributed by atoms with Gasteiger partial charge in [-0.25, -0.2) is 0 Å². The first-order valence-corrected chi connectivity index (χ1v) is 5.32. The highest BCUT2D eigenvalue weighted by Crippen LogP contribution is 2.29. The molecule has 0 aliphatic rings. The van der Waals surface area contributed by atoms with Gasteiger partial charge in [0, 0.05) is 0 Å². The van der Waals surface area contributed by atoms with Gasteiger partial charge in [-0.3, -0.25) is 0 Å². The molecule has 0 spiro atoms. The summed E-state index contributed by atoms with van der Waals surface area (Å²) in [5.74, 6) is 1.06. The van der Waals surface area contributed by atoms with Crippen LogP contribution in [-0.4, -0.2) is 6.61 Å². The van der Waals surface area contributed by atoms with Crippen molar-refractivity contribution in [3.05, 3.63) is 35.7 Å². The van der Waals surface area contributed by atoms with Gasteiger partial charge in [0.2, 0.25) is 0 Å². The van der Waals surface area contributed by atoms with Crippen molar-refractivity contribution < 1.29 is 4.74 Å². The summed E-state index contributed by atoms with van der Waals surface area (Å²) in [4.78, 5) is 0. The molecule has 1 aromatic rings. The predicted octanol–water partition coefficient (Wildman–Crippen LogP) is 4.07. The Labute approximate surface area is 91.0 Å². The second kappa shape index (κ2) is 5.26. The number of rotatable bonds is 4. The average Bonchev–Trinajstić information content (AvgIpc) is 2.20. The highest BCUT2D eigenvalue weighted by molar-refractivity contribution is 6.32. The molecular weight excluding hydrogens is 196 g/mol. The summed E-state index contributed by atoms with van der Waals surface area (Å²) in [5.41, 5.74) is 1.17. The van der Waals surface area contributed by atoms with E-state index in [1.165, 1.54) is 5.56 Å². The van der Waals surface area contributed by atoms with Crippen LogP contribution in [0.1, 0.15) is 31.7 Å². The van der Waals surface area contributed by atoms with Crippen molar-refractivity contribution in [2.75, 3.05) is 6.61 Å². The van der Waals surface area contributed by atoms with Crippen molar-refractivity contribution in [2.45, 2.75) is 26.2 Å². The molecule has 1 rings (SSSR count). The van der Waals surface area contributed by atoms with E-state index < -0.39 is 0 Å². The van der Waals surface area contributed by atoms with Crippen molar-refractivity contribution in [2.24, 2.45) is 0 Å². The standard InChI is InChI=1S/C12H16ClO/c1-4-9(3)10-6-7-12(14-5-2)11(13)8-10/h6-9H,3-5H2,1-2H3. The first-order chi connectivity index (χ1) is 6.69. The van der Waals surface area contributed by atoms with Gasteiger partial charge >= 0.3 is 0 Å². The van der Waals surface area contributed by atoms with E-state index in [1.54, 1.807) is 0 Å². The molecule has 1 atom stereocenters. The van der Waals surface area contributed by atoms with E-state index in [0.29, 0.717) is 17.5 Å². The van der Waals surface area contributed by atoms with Crippen LogP contribution in [0, 0.1) is 6.92 Å². The minimum absolute atomic E-state index is 0.308. The van der Waals surface area contributed by atoms with E-state index in [0.717, 1.165) is 12.2 Å². The molecule has 0 aromatic heterocycles. The lowest BCUT2D eigenvalue weighted by atomic mass is 9.99. The van der Waals surface area contributed by atoms with E-state index in [4.69, 9.17) is 16.3 Å². The van der Waals surface area contributed by atoms with Crippen LogP contribution < -0.4 is 4.74 Å². The van der Waals surface area contributed by atoms with Crippen LogP contribution in [-0.2, 0) is 0 Å². The third-order valence-electron chi connectivity index (χ3n) is 2.22. The Morgan fingerprint density at radius 1 is 1.43 bits per heavy atom. The fourth-order valence-electron chi connectivity index (χ4n) is 1.28. The Balaban J connectivity index is 2.88. The lowest BCUT2D eigenvalue weighted by Gasteiger charge is -2.11. The van der Waals surface area contributed by atoms with Crippen molar-refractivity contribution in [1.29, 1.82) is 0 Å². The monoisotopic (exact) mass is 211 g/mol. The Kier molecular flexibility index (Phi) is 4.27. The maximum Gasteiger partial charge on any atom is 0.137 e. The Morgan fingerprint density at radius 2 is 2.14 bits per heavy atom. The summed E-state index contributed by atoms with van der Waals surface area (Å²) in [6, 6.07) is 5.88. The molecule has 14 heavy (non-hydrogen) atoms. The molecule has 0 heterocycles. The first kappa shape index (κ1) is 11.4. The molecule has 0 saturated heterocycles. The largest absolute Gasteiger partial charge is 0.492 e. The van der Waals surface area contributed by atoms with E-state index >= 15 is 0 Å². The van der Waals surface area contributed by atoms with E-state index in [9.17, 15) is 0 Å². The fourth-order valence-corrected chi connectivity index (χ4v) is 1.52. The maximum atomic E-state index is 6.06. The number of ether oxygens (including phenoxy) is 1. The van der Waals surface area contributed by atoms with Gasteiger partial charge in [0.05, 0.1) is 11.6 Å². The number of hydrogen-bond donors (Lipinski definition) is 0. The molecule has 0 bridgehead atoms. The van der Waals surface area contributed by atoms with Gasteiger partial charge in [-0.1, -0.05) is 24.6 Å². The Morgan fingerprint density at radius 3 is 2.64 bits per heavy atom. The molecule has 1 unspecified atom stereocenters. The molecule has 0 amide bonds. The molecule has 1 aromatic carbocycles. The minimum Gasteiger partial charge on any atom is -0.492 e. The lowest BCUT2D eigenvalue weighted by Crippen LogP contribution is -1.95. The summed E-state index contributed by atoms with van der Waals surface area (Å²) in [6.07, 6.45) is 1.02. The summed E-state index contributed by atoms with van der Waals surface area (Å²) in [7, 11) is 0. The quantitative estimate of drug-likeness (QED) is 0.730. The lowest BCUT2D eigenvalue weighted by molar-refractivity contribution is 0.340. The maximum absolute atomic E-state index is 6.06.